The Hall–Kier alpha value is -3.46. The third kappa shape index (κ3) is 4.03. The number of hydrogen-bond donors (Lipinski definition) is 1. The molecule has 1 aliphatic heterocycles. The second-order valence-electron chi connectivity index (χ2n) is 9.25. The van der Waals surface area contributed by atoms with Gasteiger partial charge in [0.2, 0.25) is 0 Å². The van der Waals surface area contributed by atoms with Gasteiger partial charge < -0.3 is 19.5 Å². The molecule has 0 radical (unpaired) electrons. The molecule has 1 N–H and O–H groups in total. The molecule has 2 aromatic heterocycles. The molecular formula is C26H29N5O3S. The van der Waals surface area contributed by atoms with Crippen molar-refractivity contribution in [2.75, 3.05) is 7.11 Å². The average molecular weight is 492 g/mol. The van der Waals surface area contributed by atoms with Crippen LogP contribution in [0.1, 0.15) is 60.4 Å². The molecule has 2 atom stereocenters. The number of aromatic nitrogens is 2. The topological polar surface area (TPSA) is 85.5 Å². The average Bonchev–Trinajstić information content (AvgIpc) is 3.57. The highest BCUT2D eigenvalue weighted by atomic mass is 32.1. The number of nitrogens with one attached hydrogen (secondary N) is 1. The maximum atomic E-state index is 11.3. The lowest BCUT2D eigenvalue weighted by atomic mass is 9.95. The quantitative estimate of drug-likeness (QED) is 0.284. The number of methoxy groups -OCH3 is 1. The van der Waals surface area contributed by atoms with E-state index in [0.29, 0.717) is 11.8 Å². The third-order valence-corrected chi connectivity index (χ3v) is 7.59. The zero-order chi connectivity index (χ0) is 24.7. The first kappa shape index (κ1) is 23.3. The molecule has 1 aromatic carbocycles. The zero-order valence-corrected chi connectivity index (χ0v) is 20.9. The number of ether oxygens (including phenoxy) is 1. The highest BCUT2D eigenvalue weighted by molar-refractivity contribution is 7.80. The molecule has 5 rings (SSSR count). The fourth-order valence-corrected chi connectivity index (χ4v) is 6.09. The van der Waals surface area contributed by atoms with Crippen LogP contribution in [0.2, 0.25) is 0 Å². The van der Waals surface area contributed by atoms with Crippen molar-refractivity contribution in [2.45, 2.75) is 57.7 Å². The molecule has 0 bridgehead atoms. The summed E-state index contributed by atoms with van der Waals surface area (Å²) in [6.07, 6.45) is 6.50. The Morgan fingerprint density at radius 1 is 1.17 bits per heavy atom. The summed E-state index contributed by atoms with van der Waals surface area (Å²) in [5, 5.41) is 15.6. The Kier molecular flexibility index (Phi) is 6.19. The molecule has 3 aromatic rings. The van der Waals surface area contributed by atoms with Crippen LogP contribution in [0.15, 0.2) is 48.7 Å². The number of nitro groups is 1. The number of nitrogens with zero attached hydrogens (tertiary/aromatic N) is 4. The Balaban J connectivity index is 1.64. The highest BCUT2D eigenvalue weighted by Gasteiger charge is 2.44. The first-order valence-electron chi connectivity index (χ1n) is 11.9. The van der Waals surface area contributed by atoms with E-state index in [2.05, 4.69) is 32.8 Å². The van der Waals surface area contributed by atoms with E-state index in [1.54, 1.807) is 6.07 Å². The van der Waals surface area contributed by atoms with Gasteiger partial charge in [-0.05, 0) is 68.7 Å². The predicted molar refractivity (Wildman–Crippen MR) is 138 cm³/mol. The van der Waals surface area contributed by atoms with Gasteiger partial charge in [-0.1, -0.05) is 18.9 Å². The van der Waals surface area contributed by atoms with Crippen LogP contribution in [0.25, 0.3) is 5.69 Å². The number of thiocarbonyl (C=S) groups is 1. The van der Waals surface area contributed by atoms with E-state index in [4.69, 9.17) is 17.0 Å². The first-order chi connectivity index (χ1) is 16.9. The maximum absolute atomic E-state index is 11.3. The van der Waals surface area contributed by atoms with Crippen LogP contribution in [0.5, 0.6) is 5.75 Å². The molecule has 2 aliphatic rings. The largest absolute Gasteiger partial charge is 0.494 e. The van der Waals surface area contributed by atoms with E-state index in [1.165, 1.54) is 32.1 Å². The van der Waals surface area contributed by atoms with Gasteiger partial charge in [-0.2, -0.15) is 0 Å². The monoisotopic (exact) mass is 491 g/mol. The van der Waals surface area contributed by atoms with E-state index in [9.17, 15) is 10.1 Å². The van der Waals surface area contributed by atoms with E-state index < -0.39 is 4.92 Å². The molecule has 2 fully saturated rings. The summed E-state index contributed by atoms with van der Waals surface area (Å²) in [4.78, 5) is 18.0. The van der Waals surface area contributed by atoms with Crippen LogP contribution >= 0.6 is 12.2 Å². The third-order valence-electron chi connectivity index (χ3n) is 7.26. The van der Waals surface area contributed by atoms with Gasteiger partial charge in [0.25, 0.3) is 5.69 Å². The number of non-ortho nitro benzene ring substituents is 1. The van der Waals surface area contributed by atoms with Crippen molar-refractivity contribution in [3.8, 4) is 11.4 Å². The fraction of sp³-hybridized carbons (Fsp3) is 0.385. The summed E-state index contributed by atoms with van der Waals surface area (Å²) < 4.78 is 7.68. The van der Waals surface area contributed by atoms with Gasteiger partial charge >= 0.3 is 0 Å². The Morgan fingerprint density at radius 2 is 1.94 bits per heavy atom. The van der Waals surface area contributed by atoms with E-state index >= 15 is 0 Å². The lowest BCUT2D eigenvalue weighted by molar-refractivity contribution is -0.384. The standard InChI is InChI=1S/C26H29N5O3S/c1-16-14-20(17(2)29(16)22-12-11-19(31(32)33)15-23(22)34-3)25-24(21-10-6-7-13-27-21)28-26(35)30(25)18-8-4-5-9-18/h6-7,10-15,18,24-25H,4-5,8-9H2,1-3H3,(H,28,35). The van der Waals surface area contributed by atoms with Crippen LogP contribution in [-0.2, 0) is 0 Å². The molecule has 182 valence electrons. The molecule has 2 unspecified atom stereocenters. The van der Waals surface area contributed by atoms with E-state index in [-0.39, 0.29) is 17.8 Å². The van der Waals surface area contributed by atoms with Crippen molar-refractivity contribution < 1.29 is 9.66 Å². The second kappa shape index (κ2) is 9.30. The van der Waals surface area contributed by atoms with Crippen molar-refractivity contribution in [1.29, 1.82) is 0 Å². The molecule has 8 nitrogen and oxygen atoms in total. The van der Waals surface area contributed by atoms with Crippen molar-refractivity contribution in [3.05, 3.63) is 81.4 Å². The number of aryl methyl sites for hydroxylation is 1. The minimum atomic E-state index is -0.408. The Morgan fingerprint density at radius 3 is 2.60 bits per heavy atom. The van der Waals surface area contributed by atoms with Crippen LogP contribution in [0.4, 0.5) is 5.69 Å². The Bertz CT molecular complexity index is 1270. The van der Waals surface area contributed by atoms with Gasteiger partial charge in [-0.15, -0.1) is 0 Å². The van der Waals surface area contributed by atoms with Crippen molar-refractivity contribution >= 4 is 23.0 Å². The Labute approximate surface area is 210 Å². The molecule has 0 amide bonds. The lowest BCUT2D eigenvalue weighted by Crippen LogP contribution is -2.37. The van der Waals surface area contributed by atoms with Crippen LogP contribution in [-0.4, -0.2) is 37.6 Å². The minimum absolute atomic E-state index is 0.00116. The maximum Gasteiger partial charge on any atom is 0.273 e. The predicted octanol–water partition coefficient (Wildman–Crippen LogP) is 5.32. The van der Waals surface area contributed by atoms with Gasteiger partial charge in [0.1, 0.15) is 5.75 Å². The van der Waals surface area contributed by atoms with Crippen molar-refractivity contribution in [2.24, 2.45) is 0 Å². The van der Waals surface area contributed by atoms with Gasteiger partial charge in [0.05, 0.1) is 41.6 Å². The van der Waals surface area contributed by atoms with Crippen LogP contribution < -0.4 is 10.1 Å². The number of benzene rings is 1. The zero-order valence-electron chi connectivity index (χ0n) is 20.1. The van der Waals surface area contributed by atoms with Crippen molar-refractivity contribution in [1.82, 2.24) is 19.8 Å². The van der Waals surface area contributed by atoms with Gasteiger partial charge in [0, 0.05) is 29.7 Å². The fourth-order valence-electron chi connectivity index (χ4n) is 5.70. The van der Waals surface area contributed by atoms with Crippen LogP contribution in [0.3, 0.4) is 0 Å². The summed E-state index contributed by atoms with van der Waals surface area (Å²) >= 11 is 5.88. The molecule has 1 aliphatic carbocycles. The summed E-state index contributed by atoms with van der Waals surface area (Å²) in [5.41, 5.74) is 4.97. The molecule has 0 spiro atoms. The number of pyridine rings is 1. The van der Waals surface area contributed by atoms with Gasteiger partial charge in [-0.25, -0.2) is 0 Å². The van der Waals surface area contributed by atoms with E-state index in [0.717, 1.165) is 46.3 Å². The molecule has 1 saturated carbocycles. The lowest BCUT2D eigenvalue weighted by Gasteiger charge is -2.33. The summed E-state index contributed by atoms with van der Waals surface area (Å²) in [6.45, 7) is 4.14. The number of rotatable bonds is 6. The highest BCUT2D eigenvalue weighted by Crippen LogP contribution is 2.45. The van der Waals surface area contributed by atoms with Gasteiger partial charge in [0.15, 0.2) is 5.11 Å². The number of nitro benzene ring substituents is 1. The summed E-state index contributed by atoms with van der Waals surface area (Å²) in [6, 6.07) is 13.2. The van der Waals surface area contributed by atoms with Crippen LogP contribution in [0, 0.1) is 24.0 Å². The second-order valence-corrected chi connectivity index (χ2v) is 9.63. The normalized spacial score (nSPS) is 20.3. The smallest absolute Gasteiger partial charge is 0.273 e. The number of hydrogen-bond acceptors (Lipinski definition) is 5. The molecule has 9 heteroatoms. The minimum Gasteiger partial charge on any atom is -0.494 e. The van der Waals surface area contributed by atoms with Gasteiger partial charge in [-0.3, -0.25) is 15.1 Å². The molecule has 35 heavy (non-hydrogen) atoms. The first-order valence-corrected chi connectivity index (χ1v) is 12.3. The SMILES string of the molecule is COc1cc([N+](=O)[O-])ccc1-n1c(C)cc(C2C(c3ccccn3)NC(=S)N2C2CCCC2)c1C. The van der Waals surface area contributed by atoms with E-state index in [1.807, 2.05) is 31.3 Å². The summed E-state index contributed by atoms with van der Waals surface area (Å²) in [7, 11) is 1.54. The van der Waals surface area contributed by atoms with Crippen molar-refractivity contribution in [3.63, 3.8) is 0 Å². The molecule has 3 heterocycles. The molecule has 1 saturated heterocycles. The molecular weight excluding hydrogens is 462 g/mol. The summed E-state index contributed by atoms with van der Waals surface area (Å²) in [5.74, 6) is 0.460.